The summed E-state index contributed by atoms with van der Waals surface area (Å²) in [6.45, 7) is 8.84. The van der Waals surface area contributed by atoms with Crippen LogP contribution in [0.2, 0.25) is 0 Å². The van der Waals surface area contributed by atoms with Gasteiger partial charge in [0.05, 0.1) is 27.7 Å². The van der Waals surface area contributed by atoms with Crippen molar-refractivity contribution in [1.82, 2.24) is 0 Å². The average molecular weight is 449 g/mol. The van der Waals surface area contributed by atoms with Crippen molar-refractivity contribution in [2.24, 2.45) is 0 Å². The van der Waals surface area contributed by atoms with Gasteiger partial charge in [0, 0.05) is 0 Å². The van der Waals surface area contributed by atoms with E-state index in [1.807, 2.05) is 0 Å². The molecule has 0 aliphatic rings. The summed E-state index contributed by atoms with van der Waals surface area (Å²) in [5, 5.41) is 0. The predicted molar refractivity (Wildman–Crippen MR) is 98.0 cm³/mol. The third-order valence-electron chi connectivity index (χ3n) is 4.02. The molecule has 0 aliphatic carbocycles. The van der Waals surface area contributed by atoms with Crippen molar-refractivity contribution in [2.45, 2.75) is 51.9 Å². The van der Waals surface area contributed by atoms with Gasteiger partial charge in [-0.05, 0) is 29.5 Å². The van der Waals surface area contributed by atoms with E-state index in [0.717, 1.165) is 10.2 Å². The Balaban J connectivity index is 0.00000529. The number of ether oxygens (including phenoxy) is 2. The molecule has 0 aliphatic heterocycles. The van der Waals surface area contributed by atoms with E-state index in [1.165, 1.54) is 31.2 Å². The lowest BCUT2D eigenvalue weighted by atomic mass is 9.80. The van der Waals surface area contributed by atoms with Crippen LogP contribution in [0.3, 0.4) is 0 Å². The van der Waals surface area contributed by atoms with Gasteiger partial charge < -0.3 is 37.9 Å². The maximum atomic E-state index is 5.75. The molecule has 1 aromatic rings. The fourth-order valence-electron chi connectivity index (χ4n) is 2.52. The Labute approximate surface area is 166 Å². The fraction of sp³-hybridized carbons (Fsp3) is 0.700. The highest BCUT2D eigenvalue weighted by molar-refractivity contribution is 5.31. The van der Waals surface area contributed by atoms with Gasteiger partial charge in [0.15, 0.2) is 6.73 Å². The van der Waals surface area contributed by atoms with Crippen molar-refractivity contribution in [2.75, 3.05) is 41.1 Å². The number of hydrogen-bond donors (Lipinski definition) is 0. The predicted octanol–water partition coefficient (Wildman–Crippen LogP) is 1.61. The third-order valence-corrected chi connectivity index (χ3v) is 4.02. The van der Waals surface area contributed by atoms with Crippen LogP contribution in [0.5, 0.6) is 5.75 Å². The minimum atomic E-state index is 0. The van der Waals surface area contributed by atoms with Crippen LogP contribution >= 0.6 is 0 Å². The second-order valence-corrected chi connectivity index (χ2v) is 8.04. The Bertz CT molecular complexity index is 438. The Hall–Kier alpha value is -0.330. The molecule has 0 spiro atoms. The van der Waals surface area contributed by atoms with Crippen molar-refractivity contribution in [3.05, 3.63) is 29.8 Å². The van der Waals surface area contributed by atoms with E-state index in [1.54, 1.807) is 0 Å². The summed E-state index contributed by atoms with van der Waals surface area (Å²) in [5.74, 6) is 0.923. The van der Waals surface area contributed by atoms with Crippen molar-refractivity contribution in [3.8, 4) is 5.75 Å². The minimum Gasteiger partial charge on any atom is -1.00 e. The number of halogens is 1. The smallest absolute Gasteiger partial charge is 0.182 e. The van der Waals surface area contributed by atoms with Crippen molar-refractivity contribution >= 4 is 0 Å². The van der Waals surface area contributed by atoms with E-state index in [-0.39, 0.29) is 29.4 Å². The number of hydrogen-bond acceptors (Lipinski definition) is 2. The molecule has 0 unspecified atom stereocenters. The van der Waals surface area contributed by atoms with Gasteiger partial charge >= 0.3 is 0 Å². The quantitative estimate of drug-likeness (QED) is 0.221. The van der Waals surface area contributed by atoms with Gasteiger partial charge in [-0.2, -0.15) is 0 Å². The highest BCUT2D eigenvalue weighted by atomic mass is 127. The normalized spacial score (nSPS) is 11.9. The molecular weight excluding hydrogens is 413 g/mol. The number of unbranched alkanes of at least 4 members (excludes halogenated alkanes) is 2. The van der Waals surface area contributed by atoms with Gasteiger partial charge in [-0.1, -0.05) is 52.2 Å². The lowest BCUT2D eigenvalue weighted by molar-refractivity contribution is -0.890. The van der Waals surface area contributed by atoms with Crippen molar-refractivity contribution in [1.29, 1.82) is 0 Å². The molecule has 0 bridgehead atoms. The van der Waals surface area contributed by atoms with Gasteiger partial charge in [-0.15, -0.1) is 0 Å². The maximum absolute atomic E-state index is 5.75. The second-order valence-electron chi connectivity index (χ2n) is 8.04. The molecule has 0 radical (unpaired) electrons. The third kappa shape index (κ3) is 9.84. The van der Waals surface area contributed by atoms with E-state index in [2.05, 4.69) is 66.2 Å². The van der Waals surface area contributed by atoms with E-state index >= 15 is 0 Å². The summed E-state index contributed by atoms with van der Waals surface area (Å²) in [7, 11) is 6.34. The number of quaternary nitrogens is 1. The Morgan fingerprint density at radius 2 is 1.58 bits per heavy atom. The Morgan fingerprint density at radius 3 is 2.12 bits per heavy atom. The van der Waals surface area contributed by atoms with Gasteiger partial charge in [0.25, 0.3) is 0 Å². The van der Waals surface area contributed by atoms with E-state index in [9.17, 15) is 0 Å². The van der Waals surface area contributed by atoms with Crippen LogP contribution in [0, 0.1) is 0 Å². The van der Waals surface area contributed by atoms with Crippen molar-refractivity contribution < 1.29 is 37.9 Å². The van der Waals surface area contributed by atoms with E-state index < -0.39 is 0 Å². The molecule has 0 aromatic heterocycles. The topological polar surface area (TPSA) is 18.5 Å². The van der Waals surface area contributed by atoms with Crippen LogP contribution in [0.1, 0.15) is 52.0 Å². The van der Waals surface area contributed by atoms with Gasteiger partial charge in [-0.25, -0.2) is 0 Å². The van der Waals surface area contributed by atoms with Gasteiger partial charge in [0.2, 0.25) is 0 Å². The fourth-order valence-corrected chi connectivity index (χ4v) is 2.52. The summed E-state index contributed by atoms with van der Waals surface area (Å²) in [6, 6.07) is 8.57. The zero-order chi connectivity index (χ0) is 17.3. The average Bonchev–Trinajstić information content (AvgIpc) is 2.46. The molecule has 4 heteroatoms. The maximum Gasteiger partial charge on any atom is 0.182 e. The molecule has 0 saturated carbocycles. The SMILES string of the molecule is CCCCCC(C)(C)c1ccc(OCCOC[N+](C)(C)C)cc1.[I-]. The number of benzene rings is 1. The minimum absolute atomic E-state index is 0. The van der Waals surface area contributed by atoms with E-state index in [0.29, 0.717) is 19.9 Å². The first-order chi connectivity index (χ1) is 10.7. The largest absolute Gasteiger partial charge is 1.00 e. The molecule has 1 aromatic carbocycles. The van der Waals surface area contributed by atoms with Gasteiger partial charge in [-0.3, -0.25) is 0 Å². The summed E-state index contributed by atoms with van der Waals surface area (Å²) < 4.78 is 12.2. The Morgan fingerprint density at radius 1 is 0.958 bits per heavy atom. The Kier molecular flexibility index (Phi) is 11.2. The van der Waals surface area contributed by atoms with Crippen LogP contribution in [-0.4, -0.2) is 45.6 Å². The summed E-state index contributed by atoms with van der Waals surface area (Å²) in [6.07, 6.45) is 5.13. The number of nitrogens with zero attached hydrogens (tertiary/aromatic N) is 1. The first kappa shape index (κ1) is 23.7. The second kappa shape index (κ2) is 11.3. The van der Waals surface area contributed by atoms with Crippen LogP contribution in [0.4, 0.5) is 0 Å². The molecule has 1 rings (SSSR count). The molecule has 0 amide bonds. The summed E-state index contributed by atoms with van der Waals surface area (Å²) >= 11 is 0. The molecule has 0 fully saturated rings. The first-order valence-corrected chi connectivity index (χ1v) is 8.86. The number of rotatable bonds is 11. The zero-order valence-corrected chi connectivity index (χ0v) is 18.6. The van der Waals surface area contributed by atoms with Crippen LogP contribution < -0.4 is 28.7 Å². The molecule has 0 N–H and O–H groups in total. The van der Waals surface area contributed by atoms with Crippen LogP contribution in [0.25, 0.3) is 0 Å². The molecule has 140 valence electrons. The van der Waals surface area contributed by atoms with Gasteiger partial charge in [0.1, 0.15) is 12.4 Å². The monoisotopic (exact) mass is 449 g/mol. The molecular formula is C20H36INO2. The molecule has 0 atom stereocenters. The van der Waals surface area contributed by atoms with Crippen LogP contribution in [0.15, 0.2) is 24.3 Å². The molecule has 0 heterocycles. The highest BCUT2D eigenvalue weighted by Gasteiger charge is 2.19. The molecule has 24 heavy (non-hydrogen) atoms. The highest BCUT2D eigenvalue weighted by Crippen LogP contribution is 2.30. The molecule has 3 nitrogen and oxygen atoms in total. The van der Waals surface area contributed by atoms with Crippen molar-refractivity contribution in [3.63, 3.8) is 0 Å². The summed E-state index contributed by atoms with van der Waals surface area (Å²) in [5.41, 5.74) is 1.63. The van der Waals surface area contributed by atoms with Crippen LogP contribution in [-0.2, 0) is 10.2 Å². The molecule has 0 saturated heterocycles. The van der Waals surface area contributed by atoms with E-state index in [4.69, 9.17) is 9.47 Å². The first-order valence-electron chi connectivity index (χ1n) is 8.86. The standard InChI is InChI=1S/C20H36NO2.HI/c1-7-8-9-14-20(2,3)18-10-12-19(13-11-18)23-16-15-22-17-21(4,5)6;/h10-13H,7-9,14-17H2,1-6H3;1H/q+1;/p-1. The summed E-state index contributed by atoms with van der Waals surface area (Å²) in [4.78, 5) is 0. The lowest BCUT2D eigenvalue weighted by Gasteiger charge is -2.25. The lowest BCUT2D eigenvalue weighted by Crippen LogP contribution is -3.00. The zero-order valence-electron chi connectivity index (χ0n) is 16.4.